The third-order valence-electron chi connectivity index (χ3n) is 6.02. The average Bonchev–Trinajstić information content (AvgIpc) is 3.47. The average molecular weight is 492 g/mol. The molecule has 2 N–H and O–H groups in total. The zero-order valence-electron chi connectivity index (χ0n) is 18.9. The van der Waals surface area contributed by atoms with Crippen molar-refractivity contribution in [2.75, 3.05) is 36.4 Å². The van der Waals surface area contributed by atoms with Crippen LogP contribution in [0.3, 0.4) is 0 Å². The molecule has 0 bridgehead atoms. The van der Waals surface area contributed by atoms with E-state index in [9.17, 15) is 23.2 Å². The van der Waals surface area contributed by atoms with Gasteiger partial charge in [0.15, 0.2) is 10.9 Å². The number of piperidine rings is 1. The van der Waals surface area contributed by atoms with E-state index in [1.807, 2.05) is 4.90 Å². The highest BCUT2D eigenvalue weighted by atomic mass is 32.1. The van der Waals surface area contributed by atoms with E-state index in [1.54, 1.807) is 4.90 Å². The Bertz CT molecular complexity index is 1060. The number of benzene rings is 1. The van der Waals surface area contributed by atoms with Crippen LogP contribution in [0.15, 0.2) is 18.2 Å². The van der Waals surface area contributed by atoms with Crippen molar-refractivity contribution in [1.29, 1.82) is 0 Å². The minimum Gasteiger partial charge on any atom is -0.352 e. The number of hydrogen-bond donors (Lipinski definition) is 2. The lowest BCUT2D eigenvalue weighted by Crippen LogP contribution is -2.40. The maximum absolute atomic E-state index is 13.3. The van der Waals surface area contributed by atoms with Crippen LogP contribution >= 0.6 is 11.3 Å². The summed E-state index contributed by atoms with van der Waals surface area (Å²) in [5.41, 5.74) is 0.367. The van der Waals surface area contributed by atoms with Crippen LogP contribution in [0.25, 0.3) is 0 Å². The van der Waals surface area contributed by atoms with Crippen molar-refractivity contribution in [2.24, 2.45) is 5.92 Å². The molecule has 0 unspecified atom stereocenters. The number of hydrogen-bond acceptors (Lipinski definition) is 6. The number of likely N-dealkylation sites (tertiary alicyclic amines) is 1. The predicted octanol–water partition coefficient (Wildman–Crippen LogP) is 3.15. The van der Waals surface area contributed by atoms with Crippen molar-refractivity contribution in [3.05, 3.63) is 40.3 Å². The zero-order valence-corrected chi connectivity index (χ0v) is 19.7. The summed E-state index contributed by atoms with van der Waals surface area (Å²) in [6, 6.07) is 3.19. The van der Waals surface area contributed by atoms with Crippen LogP contribution in [0.1, 0.15) is 47.8 Å². The van der Waals surface area contributed by atoms with Crippen LogP contribution in [-0.4, -0.2) is 53.8 Å². The van der Waals surface area contributed by atoms with Crippen LogP contribution in [0.2, 0.25) is 0 Å². The smallest absolute Gasteiger partial charge is 0.267 e. The molecule has 34 heavy (non-hydrogen) atoms. The van der Waals surface area contributed by atoms with Gasteiger partial charge in [-0.1, -0.05) is 11.3 Å². The second kappa shape index (κ2) is 10.5. The van der Waals surface area contributed by atoms with Crippen molar-refractivity contribution in [3.8, 4) is 0 Å². The second-order valence-electron chi connectivity index (χ2n) is 8.61. The summed E-state index contributed by atoms with van der Waals surface area (Å²) < 4.78 is 26.7. The molecule has 2 aromatic rings. The number of rotatable bonds is 6. The van der Waals surface area contributed by atoms with Gasteiger partial charge in [-0.2, -0.15) is 0 Å². The highest BCUT2D eigenvalue weighted by molar-refractivity contribution is 7.18. The van der Waals surface area contributed by atoms with E-state index in [0.717, 1.165) is 18.9 Å². The third-order valence-corrected chi connectivity index (χ3v) is 7.13. The van der Waals surface area contributed by atoms with Gasteiger partial charge < -0.3 is 20.4 Å². The van der Waals surface area contributed by atoms with Crippen molar-refractivity contribution in [1.82, 2.24) is 15.2 Å². The first-order valence-corrected chi connectivity index (χ1v) is 12.2. The standard InChI is InChI=1S/C23H27F2N5O3S/c1-14(31)27-20-19(22(33)29-6-2-3-7-29)34-23(28-20)30-8-4-16(5-9-30)21(32)26-13-15-10-17(24)12-18(25)11-15/h10-12,16H,2-9,13H2,1H3,(H,26,32)(H,27,31). The Morgan fingerprint density at radius 1 is 1.06 bits per heavy atom. The molecule has 0 saturated carbocycles. The quantitative estimate of drug-likeness (QED) is 0.648. The fourth-order valence-corrected chi connectivity index (χ4v) is 5.32. The molecule has 0 aliphatic carbocycles. The van der Waals surface area contributed by atoms with Gasteiger partial charge in [0, 0.05) is 51.6 Å². The van der Waals surface area contributed by atoms with Gasteiger partial charge in [-0.3, -0.25) is 14.4 Å². The number of amides is 3. The fraction of sp³-hybridized carbons (Fsp3) is 0.478. The predicted molar refractivity (Wildman–Crippen MR) is 125 cm³/mol. The second-order valence-corrected chi connectivity index (χ2v) is 9.59. The summed E-state index contributed by atoms with van der Waals surface area (Å²) in [6.45, 7) is 3.98. The van der Waals surface area contributed by atoms with Gasteiger partial charge in [-0.25, -0.2) is 13.8 Å². The minimum atomic E-state index is -0.679. The van der Waals surface area contributed by atoms with Crippen molar-refractivity contribution < 1.29 is 23.2 Å². The molecule has 0 radical (unpaired) electrons. The molecule has 2 saturated heterocycles. The highest BCUT2D eigenvalue weighted by Crippen LogP contribution is 2.34. The van der Waals surface area contributed by atoms with Crippen LogP contribution in [0.5, 0.6) is 0 Å². The van der Waals surface area contributed by atoms with E-state index in [4.69, 9.17) is 0 Å². The van der Waals surface area contributed by atoms with E-state index in [2.05, 4.69) is 15.6 Å². The fourth-order valence-electron chi connectivity index (χ4n) is 4.28. The molecule has 2 fully saturated rings. The molecule has 3 amide bonds. The number of nitrogens with one attached hydrogen (secondary N) is 2. The number of carbonyl (C=O) groups is 3. The number of carbonyl (C=O) groups excluding carboxylic acids is 3. The zero-order chi connectivity index (χ0) is 24.2. The number of anilines is 2. The Balaban J connectivity index is 1.37. The number of aromatic nitrogens is 1. The molecular weight excluding hydrogens is 464 g/mol. The first kappa shape index (κ1) is 24.1. The van der Waals surface area contributed by atoms with Crippen LogP contribution in [0.4, 0.5) is 19.7 Å². The molecule has 8 nitrogen and oxygen atoms in total. The summed E-state index contributed by atoms with van der Waals surface area (Å²) in [5.74, 6) is -1.87. The van der Waals surface area contributed by atoms with Crippen LogP contribution in [-0.2, 0) is 16.1 Å². The number of halogens is 2. The molecule has 1 aromatic carbocycles. The molecule has 182 valence electrons. The van der Waals surface area contributed by atoms with E-state index < -0.39 is 11.6 Å². The summed E-state index contributed by atoms with van der Waals surface area (Å²) in [7, 11) is 0. The lowest BCUT2D eigenvalue weighted by molar-refractivity contribution is -0.125. The minimum absolute atomic E-state index is 0.0578. The first-order chi connectivity index (χ1) is 16.3. The number of nitrogens with zero attached hydrogens (tertiary/aromatic N) is 3. The normalized spacial score (nSPS) is 16.6. The van der Waals surface area contributed by atoms with Gasteiger partial charge in [0.05, 0.1) is 0 Å². The largest absolute Gasteiger partial charge is 0.352 e. The van der Waals surface area contributed by atoms with Gasteiger partial charge in [-0.05, 0) is 43.4 Å². The SMILES string of the molecule is CC(=O)Nc1nc(N2CCC(C(=O)NCc3cc(F)cc(F)c3)CC2)sc1C(=O)N1CCCC1. The molecule has 3 heterocycles. The van der Waals surface area contributed by atoms with Crippen LogP contribution in [0, 0.1) is 17.6 Å². The van der Waals surface area contributed by atoms with E-state index in [1.165, 1.54) is 30.4 Å². The Kier molecular flexibility index (Phi) is 7.40. The molecule has 1 aromatic heterocycles. The topological polar surface area (TPSA) is 94.6 Å². The molecule has 4 rings (SSSR count). The van der Waals surface area contributed by atoms with Gasteiger partial charge in [0.25, 0.3) is 5.91 Å². The maximum Gasteiger partial charge on any atom is 0.267 e. The van der Waals surface area contributed by atoms with Crippen LogP contribution < -0.4 is 15.5 Å². The Morgan fingerprint density at radius 2 is 1.71 bits per heavy atom. The van der Waals surface area contributed by atoms with E-state index >= 15 is 0 Å². The Labute approximate surface area is 200 Å². The van der Waals surface area contributed by atoms with E-state index in [0.29, 0.717) is 54.6 Å². The Morgan fingerprint density at radius 3 is 2.32 bits per heavy atom. The lowest BCUT2D eigenvalue weighted by Gasteiger charge is -2.31. The maximum atomic E-state index is 13.3. The van der Waals surface area contributed by atoms with Crippen molar-refractivity contribution in [2.45, 2.75) is 39.2 Å². The molecule has 0 atom stereocenters. The molecule has 11 heteroatoms. The van der Waals surface area contributed by atoms with Gasteiger partial charge in [-0.15, -0.1) is 0 Å². The molecule has 0 spiro atoms. The third kappa shape index (κ3) is 5.69. The lowest BCUT2D eigenvalue weighted by atomic mass is 9.96. The van der Waals surface area contributed by atoms with Crippen molar-refractivity contribution >= 4 is 40.0 Å². The number of thiazole rings is 1. The highest BCUT2D eigenvalue weighted by Gasteiger charge is 2.30. The molecule has 2 aliphatic rings. The van der Waals surface area contributed by atoms with Gasteiger partial charge >= 0.3 is 0 Å². The summed E-state index contributed by atoms with van der Waals surface area (Å²) in [5, 5.41) is 6.07. The van der Waals surface area contributed by atoms with Gasteiger partial charge in [0.2, 0.25) is 11.8 Å². The molecular formula is C23H27F2N5O3S. The van der Waals surface area contributed by atoms with Gasteiger partial charge in [0.1, 0.15) is 16.5 Å². The summed E-state index contributed by atoms with van der Waals surface area (Å²) in [6.07, 6.45) is 3.09. The summed E-state index contributed by atoms with van der Waals surface area (Å²) >= 11 is 1.26. The summed E-state index contributed by atoms with van der Waals surface area (Å²) in [4.78, 5) is 45.9. The first-order valence-electron chi connectivity index (χ1n) is 11.4. The monoisotopic (exact) mass is 491 g/mol. The van der Waals surface area contributed by atoms with E-state index in [-0.39, 0.29) is 36.0 Å². The molecule has 2 aliphatic heterocycles. The van der Waals surface area contributed by atoms with Crippen molar-refractivity contribution in [3.63, 3.8) is 0 Å². The Hall–Kier alpha value is -3.08.